The Balaban J connectivity index is 1.42. The fourth-order valence-electron chi connectivity index (χ4n) is 3.30. The molecule has 1 unspecified atom stereocenters. The van der Waals surface area contributed by atoms with Crippen LogP contribution in [0.5, 0.6) is 0 Å². The fourth-order valence-corrected chi connectivity index (χ4v) is 3.30. The molecule has 0 saturated carbocycles. The number of hydrogen-bond acceptors (Lipinski definition) is 6. The van der Waals surface area contributed by atoms with Gasteiger partial charge < -0.3 is 9.84 Å². The van der Waals surface area contributed by atoms with Crippen LogP contribution in [0.4, 0.5) is 0 Å². The predicted molar refractivity (Wildman–Crippen MR) is 125 cm³/mol. The number of imidazole rings is 1. The minimum Gasteiger partial charge on any atom is -0.348 e. The molecule has 0 saturated heterocycles. The quantitative estimate of drug-likeness (QED) is 0.455. The molecule has 1 amide bonds. The summed E-state index contributed by atoms with van der Waals surface area (Å²) in [5.74, 6) is 1.46. The smallest absolute Gasteiger partial charge is 0.271 e. The van der Waals surface area contributed by atoms with Crippen LogP contribution in [-0.4, -0.2) is 36.6 Å². The van der Waals surface area contributed by atoms with E-state index in [1.54, 1.807) is 23.3 Å². The molecule has 4 rings (SSSR count). The summed E-state index contributed by atoms with van der Waals surface area (Å²) in [6.45, 7) is 8.08. The van der Waals surface area contributed by atoms with E-state index in [-0.39, 0.29) is 17.4 Å². The van der Waals surface area contributed by atoms with Crippen molar-refractivity contribution < 1.29 is 9.32 Å². The minimum atomic E-state index is -0.211. The van der Waals surface area contributed by atoms with Gasteiger partial charge in [-0.3, -0.25) is 9.36 Å². The molecular weight excluding hydrogens is 416 g/mol. The molecule has 0 aliphatic heterocycles. The lowest BCUT2D eigenvalue weighted by atomic mass is 9.96. The summed E-state index contributed by atoms with van der Waals surface area (Å²) in [4.78, 5) is 25.8. The van der Waals surface area contributed by atoms with Crippen molar-refractivity contribution in [1.82, 2.24) is 30.0 Å². The highest BCUT2D eigenvalue weighted by molar-refractivity contribution is 5.92. The number of aromatic nitrogens is 5. The van der Waals surface area contributed by atoms with Crippen LogP contribution in [0.15, 0.2) is 65.7 Å². The van der Waals surface area contributed by atoms with E-state index < -0.39 is 0 Å². The molecule has 8 heteroatoms. The Morgan fingerprint density at radius 3 is 2.67 bits per heavy atom. The van der Waals surface area contributed by atoms with Crippen molar-refractivity contribution in [3.05, 3.63) is 78.3 Å². The number of aryl methyl sites for hydroxylation is 1. The van der Waals surface area contributed by atoms with Gasteiger partial charge in [-0.05, 0) is 37.5 Å². The van der Waals surface area contributed by atoms with Gasteiger partial charge in [0.1, 0.15) is 17.8 Å². The number of amides is 1. The van der Waals surface area contributed by atoms with Crippen molar-refractivity contribution >= 4 is 5.91 Å². The molecule has 0 spiro atoms. The van der Waals surface area contributed by atoms with E-state index in [4.69, 9.17) is 4.52 Å². The third-order valence-electron chi connectivity index (χ3n) is 5.26. The van der Waals surface area contributed by atoms with E-state index in [9.17, 15) is 4.79 Å². The van der Waals surface area contributed by atoms with Crippen molar-refractivity contribution in [2.75, 3.05) is 0 Å². The Labute approximate surface area is 193 Å². The third-order valence-corrected chi connectivity index (χ3v) is 5.26. The topological polar surface area (TPSA) is 98.7 Å². The van der Waals surface area contributed by atoms with Crippen molar-refractivity contribution in [3.63, 3.8) is 0 Å². The maximum Gasteiger partial charge on any atom is 0.271 e. The largest absolute Gasteiger partial charge is 0.348 e. The van der Waals surface area contributed by atoms with E-state index in [0.29, 0.717) is 23.2 Å². The van der Waals surface area contributed by atoms with Gasteiger partial charge in [-0.1, -0.05) is 56.3 Å². The summed E-state index contributed by atoms with van der Waals surface area (Å²) in [6, 6.07) is 13.9. The number of benzene rings is 1. The van der Waals surface area contributed by atoms with Gasteiger partial charge in [0.05, 0.1) is 0 Å². The first kappa shape index (κ1) is 22.4. The molecule has 0 aliphatic rings. The molecule has 1 atom stereocenters. The summed E-state index contributed by atoms with van der Waals surface area (Å²) < 4.78 is 7.13. The lowest BCUT2D eigenvalue weighted by Crippen LogP contribution is -2.33. The number of rotatable bonds is 7. The number of hydrogen-bond donors (Lipinski definition) is 1. The standard InChI is InChI=1S/C25H28N6O2/c1-17(10-11-18-8-6-5-7-9-18)28-22(32)20-15-31(16-27-20)21-14-19(12-13-26-21)23-29-24(30-33-23)25(2,3)4/h5-9,12-17H,10-11H2,1-4H3,(H,28,32). The highest BCUT2D eigenvalue weighted by atomic mass is 16.5. The van der Waals surface area contributed by atoms with Crippen LogP contribution in [-0.2, 0) is 11.8 Å². The second-order valence-electron chi connectivity index (χ2n) is 9.14. The van der Waals surface area contributed by atoms with Gasteiger partial charge in [0.15, 0.2) is 5.82 Å². The summed E-state index contributed by atoms with van der Waals surface area (Å²) >= 11 is 0. The molecule has 0 fully saturated rings. The molecule has 3 heterocycles. The lowest BCUT2D eigenvalue weighted by molar-refractivity contribution is 0.0934. The minimum absolute atomic E-state index is 0.0267. The van der Waals surface area contributed by atoms with Crippen LogP contribution >= 0.6 is 0 Å². The van der Waals surface area contributed by atoms with Crippen LogP contribution in [0.3, 0.4) is 0 Å². The van der Waals surface area contributed by atoms with Gasteiger partial charge in [0, 0.05) is 29.4 Å². The van der Waals surface area contributed by atoms with Gasteiger partial charge in [-0.2, -0.15) is 4.98 Å². The molecule has 1 N–H and O–H groups in total. The van der Waals surface area contributed by atoms with Crippen molar-refractivity contribution in [3.8, 4) is 17.3 Å². The Morgan fingerprint density at radius 1 is 1.15 bits per heavy atom. The normalized spacial score (nSPS) is 12.5. The molecule has 0 aliphatic carbocycles. The maximum absolute atomic E-state index is 12.7. The Morgan fingerprint density at radius 2 is 1.94 bits per heavy atom. The Hall–Kier alpha value is -3.81. The number of carbonyl (C=O) groups is 1. The second kappa shape index (κ2) is 9.36. The third kappa shape index (κ3) is 5.52. The SMILES string of the molecule is CC(CCc1ccccc1)NC(=O)c1cn(-c2cc(-c3nc(C(C)(C)C)no3)ccn2)cn1. The van der Waals surface area contributed by atoms with Crippen molar-refractivity contribution in [2.45, 2.75) is 52.0 Å². The average Bonchev–Trinajstić information content (AvgIpc) is 3.49. The molecule has 8 nitrogen and oxygen atoms in total. The zero-order chi connectivity index (χ0) is 23.4. The van der Waals surface area contributed by atoms with Crippen LogP contribution in [0.1, 0.15) is 56.0 Å². The Kier molecular flexibility index (Phi) is 6.35. The van der Waals surface area contributed by atoms with E-state index in [1.165, 1.54) is 5.56 Å². The summed E-state index contributed by atoms with van der Waals surface area (Å²) in [5.41, 5.74) is 2.13. The first-order valence-corrected chi connectivity index (χ1v) is 11.0. The predicted octanol–water partition coefficient (Wildman–Crippen LogP) is 4.37. The zero-order valence-corrected chi connectivity index (χ0v) is 19.3. The van der Waals surface area contributed by atoms with Gasteiger partial charge in [-0.25, -0.2) is 9.97 Å². The van der Waals surface area contributed by atoms with E-state index >= 15 is 0 Å². The zero-order valence-electron chi connectivity index (χ0n) is 19.3. The van der Waals surface area contributed by atoms with Crippen LogP contribution < -0.4 is 5.32 Å². The van der Waals surface area contributed by atoms with Gasteiger partial charge in [-0.15, -0.1) is 0 Å². The maximum atomic E-state index is 12.7. The van der Waals surface area contributed by atoms with Crippen LogP contribution in [0, 0.1) is 0 Å². The van der Waals surface area contributed by atoms with Gasteiger partial charge in [0.25, 0.3) is 11.8 Å². The summed E-state index contributed by atoms with van der Waals surface area (Å²) in [6.07, 6.45) is 6.65. The van der Waals surface area contributed by atoms with Gasteiger partial charge in [0.2, 0.25) is 0 Å². The highest BCUT2D eigenvalue weighted by Crippen LogP contribution is 2.24. The van der Waals surface area contributed by atoms with E-state index in [2.05, 4.69) is 37.6 Å². The fraction of sp³-hybridized carbons (Fsp3) is 0.320. The van der Waals surface area contributed by atoms with Crippen LogP contribution in [0.2, 0.25) is 0 Å². The molecule has 170 valence electrons. The van der Waals surface area contributed by atoms with E-state index in [0.717, 1.165) is 18.4 Å². The van der Waals surface area contributed by atoms with Crippen molar-refractivity contribution in [2.24, 2.45) is 0 Å². The molecule has 1 aromatic carbocycles. The van der Waals surface area contributed by atoms with E-state index in [1.807, 2.05) is 58.0 Å². The number of nitrogens with zero attached hydrogens (tertiary/aromatic N) is 5. The Bertz CT molecular complexity index is 1220. The molecule has 4 aromatic rings. The molecule has 33 heavy (non-hydrogen) atoms. The lowest BCUT2D eigenvalue weighted by Gasteiger charge is -2.12. The first-order valence-electron chi connectivity index (χ1n) is 11.0. The molecule has 3 aromatic heterocycles. The highest BCUT2D eigenvalue weighted by Gasteiger charge is 2.22. The van der Waals surface area contributed by atoms with Crippen molar-refractivity contribution in [1.29, 1.82) is 0 Å². The number of carbonyl (C=O) groups excluding carboxylic acids is 1. The summed E-state index contributed by atoms with van der Waals surface area (Å²) in [5, 5.41) is 7.09. The van der Waals surface area contributed by atoms with Crippen LogP contribution in [0.25, 0.3) is 17.3 Å². The van der Waals surface area contributed by atoms with Gasteiger partial charge >= 0.3 is 0 Å². The number of pyridine rings is 1. The summed E-state index contributed by atoms with van der Waals surface area (Å²) in [7, 11) is 0. The monoisotopic (exact) mass is 444 g/mol. The first-order chi connectivity index (χ1) is 15.8. The molecule has 0 radical (unpaired) electrons. The molecular formula is C25H28N6O2. The second-order valence-corrected chi connectivity index (χ2v) is 9.14. The molecule has 0 bridgehead atoms. The number of nitrogens with one attached hydrogen (secondary N) is 1. The average molecular weight is 445 g/mol.